The Kier molecular flexibility index (Phi) is 8.83. The van der Waals surface area contributed by atoms with Gasteiger partial charge in [-0.2, -0.15) is 0 Å². The van der Waals surface area contributed by atoms with E-state index in [4.69, 9.17) is 4.42 Å². The molecule has 12 aromatic rings. The van der Waals surface area contributed by atoms with Crippen molar-refractivity contribution in [1.82, 2.24) is 4.57 Å². The first-order valence-electron chi connectivity index (χ1n) is 21.5. The van der Waals surface area contributed by atoms with Crippen LogP contribution in [0.15, 0.2) is 247 Å². The number of rotatable bonds is 8. The third-order valence-corrected chi connectivity index (χ3v) is 12.4. The van der Waals surface area contributed by atoms with E-state index < -0.39 is 0 Å². The van der Waals surface area contributed by atoms with E-state index in [0.29, 0.717) is 0 Å². The zero-order chi connectivity index (χ0) is 41.7. The lowest BCUT2D eigenvalue weighted by molar-refractivity contribution is 0.670. The van der Waals surface area contributed by atoms with Crippen molar-refractivity contribution in [3.8, 4) is 50.2 Å². The van der Waals surface area contributed by atoms with E-state index in [2.05, 4.69) is 240 Å². The zero-order valence-corrected chi connectivity index (χ0v) is 34.4. The molecule has 63 heavy (non-hydrogen) atoms. The Morgan fingerprint density at radius 2 is 0.762 bits per heavy atom. The minimum Gasteiger partial charge on any atom is -0.455 e. The van der Waals surface area contributed by atoms with Crippen LogP contribution in [0.2, 0.25) is 0 Å². The summed E-state index contributed by atoms with van der Waals surface area (Å²) in [5.41, 5.74) is 17.8. The van der Waals surface area contributed by atoms with Crippen molar-refractivity contribution in [1.29, 1.82) is 0 Å². The Bertz CT molecular complexity index is 3570. The van der Waals surface area contributed by atoms with Crippen LogP contribution in [0.3, 0.4) is 0 Å². The second-order valence-corrected chi connectivity index (χ2v) is 16.1. The van der Waals surface area contributed by atoms with Crippen molar-refractivity contribution < 1.29 is 4.42 Å². The van der Waals surface area contributed by atoms with Crippen LogP contribution in [0.5, 0.6) is 0 Å². The Hall–Kier alpha value is -8.40. The summed E-state index contributed by atoms with van der Waals surface area (Å²) >= 11 is 0. The highest BCUT2D eigenvalue weighted by molar-refractivity contribution is 6.12. The minimum atomic E-state index is 0.901. The van der Waals surface area contributed by atoms with Crippen molar-refractivity contribution in [2.24, 2.45) is 0 Å². The zero-order valence-electron chi connectivity index (χ0n) is 34.4. The molecule has 0 bridgehead atoms. The SMILES string of the molecule is c1ccc(-c2ccc(-c3ccc(N(c4ccc(-c5cccc6c5oc5ccccc56)cc4)c4ccc5c(c4)c4cc(-c6ccccc6)ccc4n5-c4ccccc4)cc3)cc2)cc1. The number of aromatic nitrogens is 1. The van der Waals surface area contributed by atoms with Gasteiger partial charge < -0.3 is 13.9 Å². The van der Waals surface area contributed by atoms with Crippen molar-refractivity contribution in [2.45, 2.75) is 0 Å². The van der Waals surface area contributed by atoms with Gasteiger partial charge in [-0.1, -0.05) is 170 Å². The minimum absolute atomic E-state index is 0.901. The number of benzene rings is 10. The summed E-state index contributed by atoms with van der Waals surface area (Å²) in [5, 5.41) is 4.66. The summed E-state index contributed by atoms with van der Waals surface area (Å²) in [5.74, 6) is 0. The third kappa shape index (κ3) is 6.46. The fraction of sp³-hybridized carbons (Fsp3) is 0. The van der Waals surface area contributed by atoms with Crippen LogP contribution in [0.1, 0.15) is 0 Å². The van der Waals surface area contributed by atoms with Gasteiger partial charge in [-0.05, 0) is 112 Å². The van der Waals surface area contributed by atoms with Crippen LogP contribution in [-0.4, -0.2) is 4.57 Å². The largest absolute Gasteiger partial charge is 0.455 e. The van der Waals surface area contributed by atoms with Gasteiger partial charge in [0.25, 0.3) is 0 Å². The first-order chi connectivity index (χ1) is 31.2. The molecule has 2 aromatic heterocycles. The number of furan rings is 1. The van der Waals surface area contributed by atoms with Gasteiger partial charge in [-0.15, -0.1) is 0 Å². The number of hydrogen-bond acceptors (Lipinski definition) is 2. The van der Waals surface area contributed by atoms with Crippen LogP contribution in [0, 0.1) is 0 Å². The summed E-state index contributed by atoms with van der Waals surface area (Å²) in [7, 11) is 0. The van der Waals surface area contributed by atoms with Crippen LogP contribution in [0.25, 0.3) is 93.9 Å². The van der Waals surface area contributed by atoms with Gasteiger partial charge in [-0.25, -0.2) is 0 Å². The van der Waals surface area contributed by atoms with Crippen LogP contribution in [-0.2, 0) is 0 Å². The maximum Gasteiger partial charge on any atom is 0.143 e. The third-order valence-electron chi connectivity index (χ3n) is 12.4. The molecule has 0 saturated heterocycles. The van der Waals surface area contributed by atoms with Gasteiger partial charge in [0.15, 0.2) is 0 Å². The van der Waals surface area contributed by atoms with Gasteiger partial charge in [0.05, 0.1) is 11.0 Å². The Morgan fingerprint density at radius 1 is 0.302 bits per heavy atom. The lowest BCUT2D eigenvalue weighted by atomic mass is 9.99. The molecule has 0 saturated carbocycles. The van der Waals surface area contributed by atoms with E-state index in [1.807, 2.05) is 12.1 Å². The van der Waals surface area contributed by atoms with E-state index >= 15 is 0 Å². The molecular formula is C60H40N2O. The molecule has 296 valence electrons. The van der Waals surface area contributed by atoms with Gasteiger partial charge >= 0.3 is 0 Å². The lowest BCUT2D eigenvalue weighted by Gasteiger charge is -2.26. The van der Waals surface area contributed by atoms with E-state index in [-0.39, 0.29) is 0 Å². The average Bonchev–Trinajstić information content (AvgIpc) is 3.91. The number of para-hydroxylation sites is 3. The number of anilines is 3. The number of nitrogens with zero attached hydrogens (tertiary/aromatic N) is 2. The molecule has 3 heteroatoms. The lowest BCUT2D eigenvalue weighted by Crippen LogP contribution is -2.10. The highest BCUT2D eigenvalue weighted by atomic mass is 16.3. The average molecular weight is 805 g/mol. The van der Waals surface area contributed by atoms with Crippen molar-refractivity contribution >= 4 is 60.8 Å². The van der Waals surface area contributed by atoms with Gasteiger partial charge in [-0.3, -0.25) is 0 Å². The van der Waals surface area contributed by atoms with E-state index in [0.717, 1.165) is 61.3 Å². The molecular weight excluding hydrogens is 765 g/mol. The van der Waals surface area contributed by atoms with Crippen LogP contribution >= 0.6 is 0 Å². The highest BCUT2D eigenvalue weighted by Crippen LogP contribution is 2.43. The van der Waals surface area contributed by atoms with E-state index in [1.165, 1.54) is 49.7 Å². The standard InChI is InChI=1S/C60H40N2O/c1-4-13-41(14-5-1)43-23-25-44(26-24-43)45-27-32-49(33-28-45)61(50-34-29-46(30-35-50)52-20-12-21-54-53-19-10-11-22-59(53)63-60(52)54)51-36-38-58-56(40-51)55-39-47(42-15-6-2-7-16-42)31-37-57(55)62(58)48-17-8-3-9-18-48/h1-40H. The van der Waals surface area contributed by atoms with Crippen molar-refractivity contribution in [3.05, 3.63) is 243 Å². The maximum atomic E-state index is 6.47. The Balaban J connectivity index is 0.999. The van der Waals surface area contributed by atoms with Gasteiger partial charge in [0, 0.05) is 49.9 Å². The Morgan fingerprint density at radius 3 is 1.41 bits per heavy atom. The fourth-order valence-corrected chi connectivity index (χ4v) is 9.32. The first-order valence-corrected chi connectivity index (χ1v) is 21.5. The molecule has 0 radical (unpaired) electrons. The molecule has 0 amide bonds. The van der Waals surface area contributed by atoms with Gasteiger partial charge in [0.2, 0.25) is 0 Å². The second kappa shape index (κ2) is 15.3. The molecule has 2 heterocycles. The topological polar surface area (TPSA) is 21.3 Å². The molecule has 12 rings (SSSR count). The maximum absolute atomic E-state index is 6.47. The summed E-state index contributed by atoms with van der Waals surface area (Å²) in [6.07, 6.45) is 0. The van der Waals surface area contributed by atoms with E-state index in [9.17, 15) is 0 Å². The Labute approximate surface area is 366 Å². The normalized spacial score (nSPS) is 11.5. The van der Waals surface area contributed by atoms with Gasteiger partial charge in [0.1, 0.15) is 11.2 Å². The second-order valence-electron chi connectivity index (χ2n) is 16.1. The monoisotopic (exact) mass is 804 g/mol. The van der Waals surface area contributed by atoms with Crippen LogP contribution in [0.4, 0.5) is 17.1 Å². The van der Waals surface area contributed by atoms with Crippen LogP contribution < -0.4 is 4.90 Å². The molecule has 0 aliphatic rings. The fourth-order valence-electron chi connectivity index (χ4n) is 9.32. The summed E-state index contributed by atoms with van der Waals surface area (Å²) < 4.78 is 8.85. The predicted octanol–water partition coefficient (Wildman–Crippen LogP) is 16.8. The summed E-state index contributed by atoms with van der Waals surface area (Å²) in [4.78, 5) is 2.38. The molecule has 0 aliphatic carbocycles. The van der Waals surface area contributed by atoms with Crippen molar-refractivity contribution in [3.63, 3.8) is 0 Å². The molecule has 10 aromatic carbocycles. The molecule has 0 aliphatic heterocycles. The molecule has 3 nitrogen and oxygen atoms in total. The summed E-state index contributed by atoms with van der Waals surface area (Å²) in [6, 6.07) is 87.1. The highest BCUT2D eigenvalue weighted by Gasteiger charge is 2.19. The molecule has 0 N–H and O–H groups in total. The van der Waals surface area contributed by atoms with E-state index in [1.54, 1.807) is 0 Å². The summed E-state index contributed by atoms with van der Waals surface area (Å²) in [6.45, 7) is 0. The smallest absolute Gasteiger partial charge is 0.143 e. The first kappa shape index (κ1) is 36.5. The molecule has 0 spiro atoms. The number of fused-ring (bicyclic) bond motifs is 6. The molecule has 0 unspecified atom stereocenters. The number of hydrogen-bond donors (Lipinski definition) is 0. The predicted molar refractivity (Wildman–Crippen MR) is 264 cm³/mol. The van der Waals surface area contributed by atoms with Crippen molar-refractivity contribution in [2.75, 3.05) is 4.90 Å². The molecule has 0 fully saturated rings. The molecule has 0 atom stereocenters. The quantitative estimate of drug-likeness (QED) is 0.153.